The van der Waals surface area contributed by atoms with Crippen molar-refractivity contribution in [2.24, 2.45) is 0 Å². The van der Waals surface area contributed by atoms with Crippen LogP contribution in [0.2, 0.25) is 0 Å². The fraction of sp³-hybridized carbons (Fsp3) is 0.900. The molecule has 0 aromatic carbocycles. The molecule has 0 saturated carbocycles. The molecule has 0 aliphatic heterocycles. The standard InChI is InChI=1S/C20H38O5/c1-2-3-4-5-6-7-8-9-10-11-12-13-14-15-16-25-20(24)18(21)17-19(22)23/h18,21H,2-17H2,1H3,(H,22,23). The van der Waals surface area contributed by atoms with Crippen LogP contribution in [-0.4, -0.2) is 34.9 Å². The molecule has 1 atom stereocenters. The van der Waals surface area contributed by atoms with Crippen molar-refractivity contribution in [2.45, 2.75) is 109 Å². The van der Waals surface area contributed by atoms with Gasteiger partial charge in [0.25, 0.3) is 0 Å². The number of unbranched alkanes of at least 4 members (excludes halogenated alkanes) is 13. The largest absolute Gasteiger partial charge is 0.481 e. The summed E-state index contributed by atoms with van der Waals surface area (Å²) in [7, 11) is 0. The molecule has 148 valence electrons. The van der Waals surface area contributed by atoms with E-state index in [-0.39, 0.29) is 6.61 Å². The van der Waals surface area contributed by atoms with Gasteiger partial charge in [0, 0.05) is 0 Å². The maximum absolute atomic E-state index is 11.3. The summed E-state index contributed by atoms with van der Waals surface area (Å²) in [4.78, 5) is 21.6. The zero-order valence-corrected chi connectivity index (χ0v) is 16.0. The lowest BCUT2D eigenvalue weighted by molar-refractivity contribution is -0.158. The molecule has 0 radical (unpaired) electrons. The van der Waals surface area contributed by atoms with Crippen LogP contribution in [0.4, 0.5) is 0 Å². The highest BCUT2D eigenvalue weighted by Gasteiger charge is 2.19. The molecule has 0 amide bonds. The van der Waals surface area contributed by atoms with Gasteiger partial charge < -0.3 is 14.9 Å². The number of carboxylic acids is 1. The van der Waals surface area contributed by atoms with Crippen molar-refractivity contribution in [1.29, 1.82) is 0 Å². The molecule has 2 N–H and O–H groups in total. The average molecular weight is 359 g/mol. The fourth-order valence-corrected chi connectivity index (χ4v) is 2.81. The Morgan fingerprint density at radius 1 is 0.760 bits per heavy atom. The van der Waals surface area contributed by atoms with Gasteiger partial charge in [-0.1, -0.05) is 90.4 Å². The molecule has 1 unspecified atom stereocenters. The Labute approximate surface area is 153 Å². The van der Waals surface area contributed by atoms with E-state index in [4.69, 9.17) is 9.84 Å². The minimum atomic E-state index is -1.55. The van der Waals surface area contributed by atoms with Crippen LogP contribution in [0, 0.1) is 0 Å². The number of aliphatic hydroxyl groups is 1. The van der Waals surface area contributed by atoms with Crippen molar-refractivity contribution in [3.8, 4) is 0 Å². The van der Waals surface area contributed by atoms with Gasteiger partial charge in [0.1, 0.15) is 0 Å². The molecule has 25 heavy (non-hydrogen) atoms. The lowest BCUT2D eigenvalue weighted by Crippen LogP contribution is -2.26. The zero-order chi connectivity index (χ0) is 18.8. The third-order valence-electron chi connectivity index (χ3n) is 4.38. The molecule has 0 spiro atoms. The minimum absolute atomic E-state index is 0.257. The summed E-state index contributed by atoms with van der Waals surface area (Å²) < 4.78 is 4.86. The van der Waals surface area contributed by atoms with Gasteiger partial charge in [-0.25, -0.2) is 4.79 Å². The van der Waals surface area contributed by atoms with E-state index >= 15 is 0 Å². The maximum Gasteiger partial charge on any atom is 0.335 e. The summed E-state index contributed by atoms with van der Waals surface area (Å²) in [5.41, 5.74) is 0. The van der Waals surface area contributed by atoms with Crippen LogP contribution in [-0.2, 0) is 14.3 Å². The van der Waals surface area contributed by atoms with Crippen molar-refractivity contribution >= 4 is 11.9 Å². The summed E-state index contributed by atoms with van der Waals surface area (Å²) in [5, 5.41) is 17.7. The lowest BCUT2D eigenvalue weighted by atomic mass is 10.0. The van der Waals surface area contributed by atoms with E-state index < -0.39 is 24.5 Å². The second-order valence-electron chi connectivity index (χ2n) is 6.88. The Kier molecular flexibility index (Phi) is 16.9. The number of esters is 1. The van der Waals surface area contributed by atoms with Crippen LogP contribution < -0.4 is 0 Å². The van der Waals surface area contributed by atoms with E-state index in [2.05, 4.69) is 6.92 Å². The molecule has 0 aliphatic rings. The Bertz CT molecular complexity index is 330. The molecule has 0 heterocycles. The molecule has 0 aromatic rings. The molecule has 0 fully saturated rings. The first-order valence-corrected chi connectivity index (χ1v) is 10.1. The smallest absolute Gasteiger partial charge is 0.335 e. The van der Waals surface area contributed by atoms with Gasteiger partial charge in [-0.05, 0) is 6.42 Å². The number of hydrogen-bond acceptors (Lipinski definition) is 4. The van der Waals surface area contributed by atoms with Gasteiger partial charge in [-0.3, -0.25) is 4.79 Å². The van der Waals surface area contributed by atoms with Gasteiger partial charge in [-0.2, -0.15) is 0 Å². The number of carboxylic acid groups (broad SMARTS) is 1. The van der Waals surface area contributed by atoms with E-state index in [1.165, 1.54) is 70.6 Å². The van der Waals surface area contributed by atoms with Crippen LogP contribution in [0.1, 0.15) is 103 Å². The molecule has 0 aliphatic carbocycles. The highest BCUT2D eigenvalue weighted by Crippen LogP contribution is 2.13. The Morgan fingerprint density at radius 3 is 1.56 bits per heavy atom. The summed E-state index contributed by atoms with van der Waals surface area (Å²) in [5.74, 6) is -2.04. The van der Waals surface area contributed by atoms with Crippen molar-refractivity contribution in [3.63, 3.8) is 0 Å². The summed E-state index contributed by atoms with van der Waals surface area (Å²) in [6.07, 6.45) is 15.5. The first-order valence-electron chi connectivity index (χ1n) is 10.1. The van der Waals surface area contributed by atoms with Crippen LogP contribution in [0.25, 0.3) is 0 Å². The SMILES string of the molecule is CCCCCCCCCCCCCCCCOC(=O)C(O)CC(=O)O. The first-order chi connectivity index (χ1) is 12.1. The zero-order valence-electron chi connectivity index (χ0n) is 16.0. The van der Waals surface area contributed by atoms with Gasteiger partial charge in [0.05, 0.1) is 13.0 Å². The average Bonchev–Trinajstić information content (AvgIpc) is 2.57. The van der Waals surface area contributed by atoms with Gasteiger partial charge in [0.15, 0.2) is 6.10 Å². The summed E-state index contributed by atoms with van der Waals surface area (Å²) in [6, 6.07) is 0. The molecule has 0 aromatic heterocycles. The summed E-state index contributed by atoms with van der Waals surface area (Å²) in [6.45, 7) is 2.51. The topological polar surface area (TPSA) is 83.8 Å². The normalized spacial score (nSPS) is 12.1. The van der Waals surface area contributed by atoms with E-state index in [1.807, 2.05) is 0 Å². The van der Waals surface area contributed by atoms with E-state index in [1.54, 1.807) is 0 Å². The van der Waals surface area contributed by atoms with Gasteiger partial charge in [-0.15, -0.1) is 0 Å². The first kappa shape index (κ1) is 23.9. The molecular formula is C20H38O5. The van der Waals surface area contributed by atoms with Crippen molar-refractivity contribution < 1.29 is 24.5 Å². The molecule has 5 nitrogen and oxygen atoms in total. The summed E-state index contributed by atoms with van der Waals surface area (Å²) >= 11 is 0. The molecular weight excluding hydrogens is 320 g/mol. The van der Waals surface area contributed by atoms with E-state index in [9.17, 15) is 14.7 Å². The number of ether oxygens (including phenoxy) is 1. The third-order valence-corrected chi connectivity index (χ3v) is 4.38. The van der Waals surface area contributed by atoms with Crippen LogP contribution in [0.15, 0.2) is 0 Å². The lowest BCUT2D eigenvalue weighted by Gasteiger charge is -2.08. The highest BCUT2D eigenvalue weighted by molar-refractivity contribution is 5.80. The van der Waals surface area contributed by atoms with E-state index in [0.717, 1.165) is 19.3 Å². The van der Waals surface area contributed by atoms with Crippen molar-refractivity contribution in [1.82, 2.24) is 0 Å². The predicted octanol–water partition coefficient (Wildman–Crippen LogP) is 4.85. The third kappa shape index (κ3) is 17.5. The highest BCUT2D eigenvalue weighted by atomic mass is 16.5. The monoisotopic (exact) mass is 358 g/mol. The number of rotatable bonds is 18. The second-order valence-corrected chi connectivity index (χ2v) is 6.88. The molecule has 0 rings (SSSR count). The quantitative estimate of drug-likeness (QED) is 0.270. The predicted molar refractivity (Wildman–Crippen MR) is 99.5 cm³/mol. The van der Waals surface area contributed by atoms with Crippen LogP contribution in [0.5, 0.6) is 0 Å². The van der Waals surface area contributed by atoms with Gasteiger partial charge >= 0.3 is 11.9 Å². The number of hydrogen-bond donors (Lipinski definition) is 2. The molecule has 0 bridgehead atoms. The van der Waals surface area contributed by atoms with Gasteiger partial charge in [0.2, 0.25) is 0 Å². The second kappa shape index (κ2) is 17.7. The van der Waals surface area contributed by atoms with E-state index in [0.29, 0.717) is 0 Å². The van der Waals surface area contributed by atoms with Crippen LogP contribution >= 0.6 is 0 Å². The number of aliphatic carboxylic acids is 1. The maximum atomic E-state index is 11.3. The minimum Gasteiger partial charge on any atom is -0.481 e. The fourth-order valence-electron chi connectivity index (χ4n) is 2.81. The number of carbonyl (C=O) groups is 2. The van der Waals surface area contributed by atoms with Crippen LogP contribution in [0.3, 0.4) is 0 Å². The Morgan fingerprint density at radius 2 is 1.16 bits per heavy atom. The Hall–Kier alpha value is -1.10. The number of aliphatic hydroxyl groups excluding tert-OH is 1. The van der Waals surface area contributed by atoms with Crippen molar-refractivity contribution in [3.05, 3.63) is 0 Å². The molecule has 5 heteroatoms. The van der Waals surface area contributed by atoms with Crippen molar-refractivity contribution in [2.75, 3.05) is 6.61 Å². The Balaban J connectivity index is 3.21. The number of carbonyl (C=O) groups excluding carboxylic acids is 1. The molecule has 0 saturated heterocycles.